The van der Waals surface area contributed by atoms with E-state index in [9.17, 15) is 0 Å². The number of nitrogens with one attached hydrogen (secondary N) is 1. The highest BCUT2D eigenvalue weighted by Crippen LogP contribution is 2.47. The smallest absolute Gasteiger partial charge is 0.193 e. The van der Waals surface area contributed by atoms with E-state index in [0.29, 0.717) is 17.8 Å². The Hall–Kier alpha value is -2.30. The molecule has 2 aromatic rings. The molecule has 1 N–H and O–H groups in total. The molecule has 27 heavy (non-hydrogen) atoms. The number of rotatable bonds is 6. The van der Waals surface area contributed by atoms with Crippen LogP contribution in [-0.2, 0) is 13.5 Å². The van der Waals surface area contributed by atoms with Gasteiger partial charge in [-0.05, 0) is 55.1 Å². The van der Waals surface area contributed by atoms with Gasteiger partial charge >= 0.3 is 0 Å². The van der Waals surface area contributed by atoms with E-state index < -0.39 is 0 Å². The van der Waals surface area contributed by atoms with E-state index in [4.69, 9.17) is 4.99 Å². The second-order valence-corrected chi connectivity index (χ2v) is 8.03. The van der Waals surface area contributed by atoms with Gasteiger partial charge in [-0.25, -0.2) is 0 Å². The van der Waals surface area contributed by atoms with Gasteiger partial charge in [0.1, 0.15) is 0 Å². The fraction of sp³-hybridized carbons (Fsp3) is 0.545. The summed E-state index contributed by atoms with van der Waals surface area (Å²) >= 11 is 0. The first-order valence-corrected chi connectivity index (χ1v) is 10.3. The summed E-state index contributed by atoms with van der Waals surface area (Å²) < 4.78 is 1.90. The Morgan fingerprint density at radius 1 is 1.30 bits per heavy atom. The van der Waals surface area contributed by atoms with Crippen molar-refractivity contribution in [1.29, 1.82) is 0 Å². The SMILES string of the molecule is CCNC(=NCC1CC1c1ccccc1)N1CCC(Cc2cnn(C)c2)C1. The van der Waals surface area contributed by atoms with Crippen LogP contribution in [0.5, 0.6) is 0 Å². The minimum Gasteiger partial charge on any atom is -0.357 e. The molecular weight excluding hydrogens is 334 g/mol. The van der Waals surface area contributed by atoms with Crippen molar-refractivity contribution >= 4 is 5.96 Å². The molecule has 5 nitrogen and oxygen atoms in total. The predicted molar refractivity (Wildman–Crippen MR) is 110 cm³/mol. The third kappa shape index (κ3) is 4.52. The van der Waals surface area contributed by atoms with Crippen molar-refractivity contribution < 1.29 is 0 Å². The van der Waals surface area contributed by atoms with E-state index in [0.717, 1.165) is 38.6 Å². The summed E-state index contributed by atoms with van der Waals surface area (Å²) in [5.41, 5.74) is 2.82. The average Bonchev–Trinajstić information content (AvgIpc) is 3.11. The Kier molecular flexibility index (Phi) is 5.46. The van der Waals surface area contributed by atoms with Crippen LogP contribution >= 0.6 is 0 Å². The van der Waals surface area contributed by atoms with Crippen LogP contribution < -0.4 is 5.32 Å². The third-order valence-corrected chi connectivity index (χ3v) is 5.83. The highest BCUT2D eigenvalue weighted by atomic mass is 15.3. The van der Waals surface area contributed by atoms with E-state index >= 15 is 0 Å². The van der Waals surface area contributed by atoms with E-state index in [1.165, 1.54) is 24.0 Å². The Morgan fingerprint density at radius 2 is 2.15 bits per heavy atom. The molecular formula is C22H31N5. The molecule has 5 heteroatoms. The molecule has 1 saturated carbocycles. The minimum absolute atomic E-state index is 0.691. The van der Waals surface area contributed by atoms with Crippen LogP contribution in [0.2, 0.25) is 0 Å². The first-order chi connectivity index (χ1) is 13.2. The van der Waals surface area contributed by atoms with Gasteiger partial charge in [0.15, 0.2) is 5.96 Å². The normalized spacial score (nSPS) is 25.0. The maximum absolute atomic E-state index is 4.99. The van der Waals surface area contributed by atoms with Gasteiger partial charge < -0.3 is 10.2 Å². The van der Waals surface area contributed by atoms with Crippen LogP contribution in [0.25, 0.3) is 0 Å². The fourth-order valence-corrected chi connectivity index (χ4v) is 4.29. The maximum atomic E-state index is 4.99. The first kappa shape index (κ1) is 18.1. The fourth-order valence-electron chi connectivity index (χ4n) is 4.29. The lowest BCUT2D eigenvalue weighted by molar-refractivity contribution is 0.459. The largest absolute Gasteiger partial charge is 0.357 e. The van der Waals surface area contributed by atoms with Crippen molar-refractivity contribution in [2.24, 2.45) is 23.9 Å². The number of likely N-dealkylation sites (tertiary alicyclic amines) is 1. The standard InChI is InChI=1S/C22H31N5/c1-3-23-22(24-14-20-12-21(20)19-7-5-4-6-8-19)27-10-9-17(16-27)11-18-13-25-26(2)15-18/h4-8,13,15,17,20-21H,3,9-12,14,16H2,1-2H3,(H,23,24). The third-order valence-electron chi connectivity index (χ3n) is 5.83. The molecule has 3 atom stereocenters. The molecule has 1 aliphatic carbocycles. The Bertz CT molecular complexity index is 766. The van der Waals surface area contributed by atoms with Crippen molar-refractivity contribution in [3.8, 4) is 0 Å². The number of aliphatic imine (C=N–C) groups is 1. The lowest BCUT2D eigenvalue weighted by Crippen LogP contribution is -2.40. The van der Waals surface area contributed by atoms with Crippen LogP contribution in [0.15, 0.2) is 47.7 Å². The molecule has 0 radical (unpaired) electrons. The summed E-state index contributed by atoms with van der Waals surface area (Å²) in [5, 5.41) is 7.81. The molecule has 0 bridgehead atoms. The Labute approximate surface area is 162 Å². The molecule has 4 rings (SSSR count). The van der Waals surface area contributed by atoms with Crippen molar-refractivity contribution in [1.82, 2.24) is 20.0 Å². The molecule has 144 valence electrons. The average molecular weight is 366 g/mol. The van der Waals surface area contributed by atoms with Crippen molar-refractivity contribution in [3.05, 3.63) is 53.9 Å². The number of benzene rings is 1. The summed E-state index contributed by atoms with van der Waals surface area (Å²) in [6, 6.07) is 10.9. The first-order valence-electron chi connectivity index (χ1n) is 10.3. The summed E-state index contributed by atoms with van der Waals surface area (Å²) in [5.74, 6) is 3.20. The van der Waals surface area contributed by atoms with Crippen LogP contribution in [-0.4, -0.2) is 46.8 Å². The maximum Gasteiger partial charge on any atom is 0.193 e. The zero-order chi connectivity index (χ0) is 18.6. The molecule has 2 heterocycles. The van der Waals surface area contributed by atoms with Gasteiger partial charge in [0.25, 0.3) is 0 Å². The number of hydrogen-bond acceptors (Lipinski definition) is 2. The van der Waals surface area contributed by atoms with Gasteiger partial charge in [0.05, 0.1) is 6.20 Å². The Morgan fingerprint density at radius 3 is 2.89 bits per heavy atom. The molecule has 1 aromatic heterocycles. The van der Waals surface area contributed by atoms with Crippen LogP contribution in [0, 0.1) is 11.8 Å². The van der Waals surface area contributed by atoms with E-state index in [1.807, 2.05) is 17.9 Å². The molecule has 3 unspecified atom stereocenters. The van der Waals surface area contributed by atoms with Crippen LogP contribution in [0.4, 0.5) is 0 Å². The van der Waals surface area contributed by atoms with Crippen molar-refractivity contribution in [2.45, 2.75) is 32.1 Å². The number of guanidine groups is 1. The summed E-state index contributed by atoms with van der Waals surface area (Å²) in [4.78, 5) is 7.44. The van der Waals surface area contributed by atoms with Gasteiger partial charge in [0.2, 0.25) is 0 Å². The highest BCUT2D eigenvalue weighted by molar-refractivity contribution is 5.80. The Balaban J connectivity index is 1.32. The van der Waals surface area contributed by atoms with Gasteiger partial charge in [-0.15, -0.1) is 0 Å². The molecule has 1 saturated heterocycles. The summed E-state index contributed by atoms with van der Waals surface area (Å²) in [6.07, 6.45) is 7.76. The zero-order valence-corrected chi connectivity index (χ0v) is 16.5. The van der Waals surface area contributed by atoms with E-state index in [-0.39, 0.29) is 0 Å². The molecule has 0 amide bonds. The lowest BCUT2D eigenvalue weighted by Gasteiger charge is -2.21. The summed E-state index contributed by atoms with van der Waals surface area (Å²) in [6.45, 7) is 6.21. The number of hydrogen-bond donors (Lipinski definition) is 1. The molecule has 2 aliphatic rings. The quantitative estimate of drug-likeness (QED) is 0.632. The van der Waals surface area contributed by atoms with Crippen molar-refractivity contribution in [3.63, 3.8) is 0 Å². The number of nitrogens with zero attached hydrogens (tertiary/aromatic N) is 4. The lowest BCUT2D eigenvalue weighted by atomic mass is 10.0. The van der Waals surface area contributed by atoms with E-state index in [1.54, 1.807) is 0 Å². The molecule has 1 aromatic carbocycles. The highest BCUT2D eigenvalue weighted by Gasteiger charge is 2.38. The second kappa shape index (κ2) is 8.15. The van der Waals surface area contributed by atoms with Gasteiger partial charge in [0, 0.05) is 39.4 Å². The van der Waals surface area contributed by atoms with E-state index in [2.05, 4.69) is 58.8 Å². The molecule has 0 spiro atoms. The second-order valence-electron chi connectivity index (χ2n) is 8.03. The topological polar surface area (TPSA) is 45.5 Å². The predicted octanol–water partition coefficient (Wildman–Crippen LogP) is 3.05. The van der Waals surface area contributed by atoms with Gasteiger partial charge in [-0.2, -0.15) is 5.10 Å². The monoisotopic (exact) mass is 365 g/mol. The van der Waals surface area contributed by atoms with Crippen LogP contribution in [0.1, 0.15) is 36.8 Å². The number of aryl methyl sites for hydroxylation is 1. The molecule has 2 fully saturated rings. The number of aromatic nitrogens is 2. The summed E-state index contributed by atoms with van der Waals surface area (Å²) in [7, 11) is 1.99. The van der Waals surface area contributed by atoms with Gasteiger partial charge in [-0.3, -0.25) is 9.67 Å². The minimum atomic E-state index is 0.691. The van der Waals surface area contributed by atoms with Gasteiger partial charge in [-0.1, -0.05) is 30.3 Å². The van der Waals surface area contributed by atoms with Crippen LogP contribution in [0.3, 0.4) is 0 Å². The zero-order valence-electron chi connectivity index (χ0n) is 16.5. The van der Waals surface area contributed by atoms with Crippen molar-refractivity contribution in [2.75, 3.05) is 26.2 Å². The molecule has 1 aliphatic heterocycles.